The number of carboxylic acid groups (broad SMARTS) is 1. The smallest absolute Gasteiger partial charge is 0.303 e. The van der Waals surface area contributed by atoms with E-state index in [1.807, 2.05) is 12.1 Å². The molecule has 1 aromatic carbocycles. The molecule has 4 nitrogen and oxygen atoms in total. The van der Waals surface area contributed by atoms with Crippen LogP contribution in [0.1, 0.15) is 32.3 Å². The normalized spacial score (nSPS) is 10.3. The highest BCUT2D eigenvalue weighted by Crippen LogP contribution is 2.25. The summed E-state index contributed by atoms with van der Waals surface area (Å²) in [5.41, 5.74) is 1.59. The monoisotopic (exact) mass is 324 g/mol. The van der Waals surface area contributed by atoms with Crippen LogP contribution in [-0.2, 0) is 4.79 Å². The lowest BCUT2D eigenvalue weighted by atomic mass is 10.1. The van der Waals surface area contributed by atoms with Gasteiger partial charge in [0.15, 0.2) is 0 Å². The van der Waals surface area contributed by atoms with Crippen molar-refractivity contribution in [2.75, 3.05) is 11.4 Å². The Balaban J connectivity index is 2.84. The van der Waals surface area contributed by atoms with E-state index < -0.39 is 5.97 Å². The summed E-state index contributed by atoms with van der Waals surface area (Å²) in [7, 11) is 0. The van der Waals surface area contributed by atoms with Crippen molar-refractivity contribution in [3.05, 3.63) is 28.2 Å². The molecule has 1 N–H and O–H groups in total. The van der Waals surface area contributed by atoms with Crippen LogP contribution in [0, 0.1) is 11.3 Å². The Bertz CT molecular complexity index is 495. The second kappa shape index (κ2) is 7.15. The molecule has 0 spiro atoms. The first-order valence-corrected chi connectivity index (χ1v) is 6.93. The molecule has 0 aliphatic carbocycles. The van der Waals surface area contributed by atoms with Crippen LogP contribution in [-0.4, -0.2) is 23.7 Å². The molecule has 0 amide bonds. The van der Waals surface area contributed by atoms with Gasteiger partial charge in [0, 0.05) is 29.2 Å². The summed E-state index contributed by atoms with van der Waals surface area (Å²) >= 11 is 3.37. The van der Waals surface area contributed by atoms with Crippen LogP contribution in [0.2, 0.25) is 0 Å². The number of carboxylic acids is 1. The van der Waals surface area contributed by atoms with Gasteiger partial charge in [-0.2, -0.15) is 5.26 Å². The quantitative estimate of drug-likeness (QED) is 0.871. The average molecular weight is 325 g/mol. The maximum absolute atomic E-state index is 10.6. The maximum Gasteiger partial charge on any atom is 0.303 e. The van der Waals surface area contributed by atoms with Crippen molar-refractivity contribution in [1.82, 2.24) is 0 Å². The first-order valence-electron chi connectivity index (χ1n) is 6.13. The van der Waals surface area contributed by atoms with Gasteiger partial charge in [-0.25, -0.2) is 0 Å². The molecule has 5 heteroatoms. The van der Waals surface area contributed by atoms with Crippen molar-refractivity contribution < 1.29 is 9.90 Å². The van der Waals surface area contributed by atoms with Crippen molar-refractivity contribution in [3.8, 4) is 6.07 Å². The number of nitriles is 1. The lowest BCUT2D eigenvalue weighted by Crippen LogP contribution is -2.32. The standard InChI is InChI=1S/C14H17BrN2O2/c1-10(2)17(7-3-4-14(18)19)12-6-5-11(9-16)13(15)8-12/h5-6,8,10H,3-4,7H2,1-2H3,(H,18,19). The van der Waals surface area contributed by atoms with Crippen molar-refractivity contribution in [2.24, 2.45) is 0 Å². The van der Waals surface area contributed by atoms with Gasteiger partial charge in [0.25, 0.3) is 0 Å². The summed E-state index contributed by atoms with van der Waals surface area (Å²) in [4.78, 5) is 12.7. The summed E-state index contributed by atoms with van der Waals surface area (Å²) in [6.07, 6.45) is 0.770. The van der Waals surface area contributed by atoms with Crippen LogP contribution in [0.25, 0.3) is 0 Å². The largest absolute Gasteiger partial charge is 0.481 e. The maximum atomic E-state index is 10.6. The van der Waals surface area contributed by atoms with Crippen LogP contribution in [0.3, 0.4) is 0 Å². The highest BCUT2D eigenvalue weighted by Gasteiger charge is 2.12. The number of hydrogen-bond donors (Lipinski definition) is 1. The number of halogens is 1. The molecule has 1 rings (SSSR count). The molecule has 0 bridgehead atoms. The molecule has 19 heavy (non-hydrogen) atoms. The van der Waals surface area contributed by atoms with Crippen molar-refractivity contribution in [2.45, 2.75) is 32.7 Å². The number of aliphatic carboxylic acids is 1. The van der Waals surface area contributed by atoms with Gasteiger partial charge in [-0.05, 0) is 54.4 Å². The number of benzene rings is 1. The number of anilines is 1. The Morgan fingerprint density at radius 1 is 1.53 bits per heavy atom. The lowest BCUT2D eigenvalue weighted by Gasteiger charge is -2.29. The van der Waals surface area contributed by atoms with E-state index in [0.717, 1.165) is 10.2 Å². The zero-order chi connectivity index (χ0) is 14.4. The van der Waals surface area contributed by atoms with Gasteiger partial charge in [-0.1, -0.05) is 0 Å². The molecular weight excluding hydrogens is 308 g/mol. The summed E-state index contributed by atoms with van der Waals surface area (Å²) in [6, 6.07) is 7.94. The second-order valence-corrected chi connectivity index (χ2v) is 5.41. The fraction of sp³-hybridized carbons (Fsp3) is 0.429. The Labute approximate surface area is 121 Å². The Kier molecular flexibility index (Phi) is 5.84. The molecule has 0 aliphatic heterocycles. The topological polar surface area (TPSA) is 64.3 Å². The van der Waals surface area contributed by atoms with E-state index in [4.69, 9.17) is 10.4 Å². The van der Waals surface area contributed by atoms with Gasteiger partial charge >= 0.3 is 5.97 Å². The highest BCUT2D eigenvalue weighted by atomic mass is 79.9. The van der Waals surface area contributed by atoms with Crippen molar-refractivity contribution in [3.63, 3.8) is 0 Å². The van der Waals surface area contributed by atoms with Crippen molar-refractivity contribution >= 4 is 27.6 Å². The Morgan fingerprint density at radius 3 is 2.68 bits per heavy atom. The van der Waals surface area contributed by atoms with Gasteiger partial charge in [-0.15, -0.1) is 0 Å². The van der Waals surface area contributed by atoms with Crippen LogP contribution in [0.5, 0.6) is 0 Å². The SMILES string of the molecule is CC(C)N(CCCC(=O)O)c1ccc(C#N)c(Br)c1. The predicted molar refractivity (Wildman–Crippen MR) is 78.2 cm³/mol. The van der Waals surface area contributed by atoms with Crippen LogP contribution in [0.15, 0.2) is 22.7 Å². The van der Waals surface area contributed by atoms with Crippen LogP contribution >= 0.6 is 15.9 Å². The van der Waals surface area contributed by atoms with E-state index in [2.05, 4.69) is 40.7 Å². The highest BCUT2D eigenvalue weighted by molar-refractivity contribution is 9.10. The van der Waals surface area contributed by atoms with E-state index >= 15 is 0 Å². The molecule has 0 aromatic heterocycles. The first-order chi connectivity index (χ1) is 8.95. The van der Waals surface area contributed by atoms with E-state index in [1.165, 1.54) is 0 Å². The molecule has 0 atom stereocenters. The minimum absolute atomic E-state index is 0.167. The summed E-state index contributed by atoms with van der Waals surface area (Å²) in [5, 5.41) is 17.6. The second-order valence-electron chi connectivity index (χ2n) is 4.56. The third kappa shape index (κ3) is 4.56. The van der Waals surface area contributed by atoms with Gasteiger partial charge < -0.3 is 10.0 Å². The van der Waals surface area contributed by atoms with E-state index in [-0.39, 0.29) is 12.5 Å². The van der Waals surface area contributed by atoms with Crippen LogP contribution < -0.4 is 4.90 Å². The molecule has 0 fully saturated rings. The van der Waals surface area contributed by atoms with Crippen molar-refractivity contribution in [1.29, 1.82) is 5.26 Å². The fourth-order valence-electron chi connectivity index (χ4n) is 1.86. The summed E-state index contributed by atoms with van der Waals surface area (Å²) in [6.45, 7) is 4.81. The minimum atomic E-state index is -0.773. The third-order valence-electron chi connectivity index (χ3n) is 2.82. The molecule has 0 aliphatic rings. The molecule has 0 saturated carbocycles. The zero-order valence-corrected chi connectivity index (χ0v) is 12.6. The number of rotatable bonds is 6. The molecule has 1 aromatic rings. The minimum Gasteiger partial charge on any atom is -0.481 e. The van der Waals surface area contributed by atoms with E-state index in [0.29, 0.717) is 18.5 Å². The number of hydrogen-bond acceptors (Lipinski definition) is 3. The number of carbonyl (C=O) groups is 1. The van der Waals surface area contributed by atoms with Gasteiger partial charge in [0.2, 0.25) is 0 Å². The third-order valence-corrected chi connectivity index (χ3v) is 3.47. The predicted octanol–water partition coefficient (Wildman–Crippen LogP) is 3.40. The molecule has 0 heterocycles. The fourth-order valence-corrected chi connectivity index (χ4v) is 2.31. The molecular formula is C14H17BrN2O2. The Morgan fingerprint density at radius 2 is 2.21 bits per heavy atom. The average Bonchev–Trinajstić information content (AvgIpc) is 2.33. The lowest BCUT2D eigenvalue weighted by molar-refractivity contribution is -0.137. The Hall–Kier alpha value is -1.54. The summed E-state index contributed by atoms with van der Waals surface area (Å²) < 4.78 is 0.761. The van der Waals surface area contributed by atoms with E-state index in [9.17, 15) is 4.79 Å². The number of nitrogens with zero attached hydrogens (tertiary/aromatic N) is 2. The van der Waals surface area contributed by atoms with Crippen LogP contribution in [0.4, 0.5) is 5.69 Å². The van der Waals surface area contributed by atoms with Gasteiger partial charge in [0.05, 0.1) is 5.56 Å². The summed E-state index contributed by atoms with van der Waals surface area (Å²) in [5.74, 6) is -0.773. The molecule has 102 valence electrons. The molecule has 0 unspecified atom stereocenters. The van der Waals surface area contributed by atoms with Gasteiger partial charge in [-0.3, -0.25) is 4.79 Å². The zero-order valence-electron chi connectivity index (χ0n) is 11.1. The first kappa shape index (κ1) is 15.5. The molecule has 0 saturated heterocycles. The van der Waals surface area contributed by atoms with Gasteiger partial charge in [0.1, 0.15) is 6.07 Å². The van der Waals surface area contributed by atoms with E-state index in [1.54, 1.807) is 6.07 Å². The molecule has 0 radical (unpaired) electrons.